The number of hydrogen-bond donors (Lipinski definition) is 2. The van der Waals surface area contributed by atoms with Crippen LogP contribution >= 0.6 is 0 Å². The second kappa shape index (κ2) is 6.81. The zero-order valence-corrected chi connectivity index (χ0v) is 13.7. The Hall–Kier alpha value is -2.37. The first-order valence-corrected chi connectivity index (χ1v) is 8.13. The lowest BCUT2D eigenvalue weighted by Gasteiger charge is -2.17. The van der Waals surface area contributed by atoms with Crippen molar-refractivity contribution < 1.29 is 4.79 Å². The van der Waals surface area contributed by atoms with Gasteiger partial charge in [-0.05, 0) is 43.4 Å². The highest BCUT2D eigenvalue weighted by molar-refractivity contribution is 5.94. The Kier molecular flexibility index (Phi) is 4.60. The zero-order chi connectivity index (χ0) is 16.2. The van der Waals surface area contributed by atoms with Crippen LogP contribution in [0.4, 0.5) is 5.82 Å². The van der Waals surface area contributed by atoms with Gasteiger partial charge in [-0.3, -0.25) is 9.89 Å². The van der Waals surface area contributed by atoms with E-state index in [2.05, 4.69) is 20.5 Å². The van der Waals surface area contributed by atoms with Crippen LogP contribution in [0.25, 0.3) is 0 Å². The van der Waals surface area contributed by atoms with Crippen molar-refractivity contribution in [2.24, 2.45) is 0 Å². The average molecular weight is 313 g/mol. The minimum Gasteiger partial charge on any atom is -0.373 e. The number of nitrogens with zero attached hydrogens (tertiary/aromatic N) is 3. The topological polar surface area (TPSA) is 73.9 Å². The van der Waals surface area contributed by atoms with Crippen LogP contribution in [0.1, 0.15) is 46.6 Å². The molecule has 0 aliphatic heterocycles. The molecule has 0 bridgehead atoms. The SMILES string of the molecule is CNc1cc(C(=O)N(C)Cc2n[nH]c3c2CCCCC3)ccn1. The molecule has 0 unspecified atom stereocenters. The van der Waals surface area contributed by atoms with E-state index in [1.54, 1.807) is 30.3 Å². The summed E-state index contributed by atoms with van der Waals surface area (Å²) in [4.78, 5) is 18.5. The number of fused-ring (bicyclic) bond motifs is 1. The Labute approximate surface area is 136 Å². The van der Waals surface area contributed by atoms with Crippen molar-refractivity contribution in [3.05, 3.63) is 40.8 Å². The molecule has 3 rings (SSSR count). The first-order chi connectivity index (χ1) is 11.2. The van der Waals surface area contributed by atoms with Gasteiger partial charge in [-0.15, -0.1) is 0 Å². The summed E-state index contributed by atoms with van der Waals surface area (Å²) in [7, 11) is 3.61. The summed E-state index contributed by atoms with van der Waals surface area (Å²) in [6, 6.07) is 3.51. The van der Waals surface area contributed by atoms with Crippen LogP contribution in [0.5, 0.6) is 0 Å². The van der Waals surface area contributed by atoms with E-state index in [4.69, 9.17) is 0 Å². The van der Waals surface area contributed by atoms with Crippen LogP contribution in [0.15, 0.2) is 18.3 Å². The number of carbonyl (C=O) groups is 1. The summed E-state index contributed by atoms with van der Waals surface area (Å²) in [6.07, 6.45) is 7.45. The Bertz CT molecular complexity index is 694. The molecule has 1 aliphatic rings. The monoisotopic (exact) mass is 313 g/mol. The standard InChI is InChI=1S/C17H23N5O/c1-18-16-10-12(8-9-19-16)17(23)22(2)11-15-13-6-4-3-5-7-14(13)20-21-15/h8-10H,3-7,11H2,1-2H3,(H,18,19)(H,20,21). The number of nitrogens with one attached hydrogen (secondary N) is 2. The fourth-order valence-corrected chi connectivity index (χ4v) is 3.07. The minimum atomic E-state index is -0.0192. The fourth-order valence-electron chi connectivity index (χ4n) is 3.07. The number of aromatic nitrogens is 3. The molecular formula is C17H23N5O. The molecule has 2 N–H and O–H groups in total. The molecule has 0 saturated carbocycles. The quantitative estimate of drug-likeness (QED) is 0.850. The van der Waals surface area contributed by atoms with E-state index in [1.165, 1.54) is 30.5 Å². The summed E-state index contributed by atoms with van der Waals surface area (Å²) in [5.74, 6) is 0.673. The van der Waals surface area contributed by atoms with Crippen molar-refractivity contribution in [2.45, 2.75) is 38.6 Å². The summed E-state index contributed by atoms with van der Waals surface area (Å²) in [6.45, 7) is 0.530. The summed E-state index contributed by atoms with van der Waals surface area (Å²) in [5.41, 5.74) is 4.20. The van der Waals surface area contributed by atoms with E-state index in [-0.39, 0.29) is 5.91 Å². The van der Waals surface area contributed by atoms with Crippen molar-refractivity contribution >= 4 is 11.7 Å². The summed E-state index contributed by atoms with van der Waals surface area (Å²) < 4.78 is 0. The Morgan fingerprint density at radius 2 is 2.17 bits per heavy atom. The Morgan fingerprint density at radius 3 is 3.00 bits per heavy atom. The number of pyridine rings is 1. The van der Waals surface area contributed by atoms with Crippen LogP contribution in [0.2, 0.25) is 0 Å². The maximum atomic E-state index is 12.6. The van der Waals surface area contributed by atoms with Gasteiger partial charge in [-0.1, -0.05) is 6.42 Å². The molecule has 0 fully saturated rings. The summed E-state index contributed by atoms with van der Waals surface area (Å²) >= 11 is 0. The van der Waals surface area contributed by atoms with Crippen LogP contribution in [-0.2, 0) is 19.4 Å². The van der Waals surface area contributed by atoms with Gasteiger partial charge < -0.3 is 10.2 Å². The second-order valence-electron chi connectivity index (χ2n) is 6.03. The van der Waals surface area contributed by atoms with Gasteiger partial charge in [0, 0.05) is 31.5 Å². The lowest BCUT2D eigenvalue weighted by molar-refractivity contribution is 0.0783. The third kappa shape index (κ3) is 3.36. The molecule has 2 aromatic heterocycles. The Balaban J connectivity index is 1.75. The predicted octanol–water partition coefficient (Wildman–Crippen LogP) is 2.39. The van der Waals surface area contributed by atoms with E-state index < -0.39 is 0 Å². The van der Waals surface area contributed by atoms with Crippen LogP contribution in [-0.4, -0.2) is 40.1 Å². The average Bonchev–Trinajstić information content (AvgIpc) is 2.81. The number of carbonyl (C=O) groups excluding carboxylic acids is 1. The first-order valence-electron chi connectivity index (χ1n) is 8.13. The molecule has 1 aliphatic carbocycles. The second-order valence-corrected chi connectivity index (χ2v) is 6.03. The van der Waals surface area contributed by atoms with Crippen LogP contribution in [0, 0.1) is 0 Å². The summed E-state index contributed by atoms with van der Waals surface area (Å²) in [5, 5.41) is 10.6. The van der Waals surface area contributed by atoms with E-state index in [0.29, 0.717) is 17.9 Å². The van der Waals surface area contributed by atoms with E-state index >= 15 is 0 Å². The smallest absolute Gasteiger partial charge is 0.254 e. The van der Waals surface area contributed by atoms with Gasteiger partial charge in [0.1, 0.15) is 5.82 Å². The highest BCUT2D eigenvalue weighted by atomic mass is 16.2. The van der Waals surface area contributed by atoms with Gasteiger partial charge in [0.2, 0.25) is 0 Å². The number of amides is 1. The number of H-pyrrole nitrogens is 1. The molecule has 6 heteroatoms. The molecule has 2 aromatic rings. The number of hydrogen-bond acceptors (Lipinski definition) is 4. The highest BCUT2D eigenvalue weighted by Crippen LogP contribution is 2.22. The van der Waals surface area contributed by atoms with Crippen molar-refractivity contribution in [3.63, 3.8) is 0 Å². The minimum absolute atomic E-state index is 0.0192. The van der Waals surface area contributed by atoms with Gasteiger partial charge in [0.15, 0.2) is 0 Å². The first kappa shape index (κ1) is 15.5. The third-order valence-electron chi connectivity index (χ3n) is 4.39. The lowest BCUT2D eigenvalue weighted by atomic mass is 10.1. The molecule has 2 heterocycles. The predicted molar refractivity (Wildman–Crippen MR) is 89.4 cm³/mol. The molecular weight excluding hydrogens is 290 g/mol. The van der Waals surface area contributed by atoms with Gasteiger partial charge in [0.05, 0.1) is 12.2 Å². The number of anilines is 1. The van der Waals surface area contributed by atoms with Gasteiger partial charge in [-0.25, -0.2) is 4.98 Å². The highest BCUT2D eigenvalue weighted by Gasteiger charge is 2.19. The molecule has 0 radical (unpaired) electrons. The van der Waals surface area contributed by atoms with E-state index in [0.717, 1.165) is 18.5 Å². The zero-order valence-electron chi connectivity index (χ0n) is 13.7. The van der Waals surface area contributed by atoms with Gasteiger partial charge in [-0.2, -0.15) is 5.10 Å². The van der Waals surface area contributed by atoms with Gasteiger partial charge in [0.25, 0.3) is 5.91 Å². The third-order valence-corrected chi connectivity index (χ3v) is 4.39. The largest absolute Gasteiger partial charge is 0.373 e. The van der Waals surface area contributed by atoms with E-state index in [1.807, 2.05) is 7.05 Å². The van der Waals surface area contributed by atoms with Crippen LogP contribution < -0.4 is 5.32 Å². The lowest BCUT2D eigenvalue weighted by Crippen LogP contribution is -2.27. The number of aryl methyl sites for hydroxylation is 1. The van der Waals surface area contributed by atoms with Crippen molar-refractivity contribution in [1.29, 1.82) is 0 Å². The number of rotatable bonds is 4. The van der Waals surface area contributed by atoms with Crippen molar-refractivity contribution in [2.75, 3.05) is 19.4 Å². The fraction of sp³-hybridized carbons (Fsp3) is 0.471. The maximum absolute atomic E-state index is 12.6. The van der Waals surface area contributed by atoms with E-state index in [9.17, 15) is 4.79 Å². The molecule has 0 saturated heterocycles. The van der Waals surface area contributed by atoms with Crippen molar-refractivity contribution in [1.82, 2.24) is 20.1 Å². The molecule has 6 nitrogen and oxygen atoms in total. The molecule has 0 spiro atoms. The molecule has 122 valence electrons. The molecule has 0 atom stereocenters. The normalized spacial score (nSPS) is 14.0. The number of aromatic amines is 1. The molecule has 23 heavy (non-hydrogen) atoms. The maximum Gasteiger partial charge on any atom is 0.254 e. The van der Waals surface area contributed by atoms with Crippen molar-refractivity contribution in [3.8, 4) is 0 Å². The van der Waals surface area contributed by atoms with Crippen LogP contribution in [0.3, 0.4) is 0 Å². The Morgan fingerprint density at radius 1 is 1.35 bits per heavy atom. The molecule has 0 aromatic carbocycles. The molecule has 1 amide bonds. The van der Waals surface area contributed by atoms with Gasteiger partial charge >= 0.3 is 0 Å².